The molecule has 7 heteroatoms. The minimum absolute atomic E-state index is 0.0595. The summed E-state index contributed by atoms with van der Waals surface area (Å²) < 4.78 is 36.0. The molecule has 0 saturated heterocycles. The average Bonchev–Trinajstić information content (AvgIpc) is 2.16. The fourth-order valence-corrected chi connectivity index (χ4v) is 1.41. The van der Waals surface area contributed by atoms with Crippen molar-refractivity contribution in [2.45, 2.75) is 4.90 Å². The Morgan fingerprint density at radius 3 is 2.12 bits per heavy atom. The third-order valence-electron chi connectivity index (χ3n) is 1.29. The number of ether oxygens (including phenoxy) is 1. The first-order chi connectivity index (χ1) is 7.79. The van der Waals surface area contributed by atoms with Crippen molar-refractivity contribution < 1.29 is 27.4 Å². The van der Waals surface area contributed by atoms with Crippen molar-refractivity contribution in [1.82, 2.24) is 0 Å². The van der Waals surface area contributed by atoms with Crippen LogP contribution in [-0.2, 0) is 14.9 Å². The number of benzene rings is 1. The highest BCUT2D eigenvalue weighted by Gasteiger charge is 2.08. The smallest absolute Gasteiger partial charge is 0.298 e. The Hall–Kier alpha value is -1.44. The van der Waals surface area contributed by atoms with Gasteiger partial charge in [-0.05, 0) is 12.1 Å². The van der Waals surface area contributed by atoms with E-state index in [1.54, 1.807) is 0 Å². The van der Waals surface area contributed by atoms with E-state index in [9.17, 15) is 17.8 Å². The molecule has 1 aromatic rings. The first kappa shape index (κ1) is 15.6. The number of para-hydroxylation sites is 1. The Morgan fingerprint density at radius 1 is 1.24 bits per heavy atom. The van der Waals surface area contributed by atoms with Gasteiger partial charge < -0.3 is 14.2 Å². The van der Waals surface area contributed by atoms with Crippen LogP contribution >= 0.6 is 0 Å². The number of hydrogen-bond donors (Lipinski definition) is 1. The molecule has 0 aromatic heterocycles. The summed E-state index contributed by atoms with van der Waals surface area (Å²) >= 11 is 0. The first-order valence-electron chi connectivity index (χ1n) is 4.71. The van der Waals surface area contributed by atoms with E-state index in [1.807, 2.05) is 0 Å². The molecule has 0 aliphatic heterocycles. The van der Waals surface area contributed by atoms with E-state index in [2.05, 4.69) is 25.9 Å². The number of carbonyl (C=O) groups excluding carboxylic acids is 1. The zero-order valence-electron chi connectivity index (χ0n) is 9.84. The van der Waals surface area contributed by atoms with Gasteiger partial charge in [0, 0.05) is 0 Å². The molecule has 1 aromatic carbocycles. The van der Waals surface area contributed by atoms with Crippen molar-refractivity contribution in [3.63, 3.8) is 0 Å². The summed E-state index contributed by atoms with van der Waals surface area (Å²) in [5.74, 6) is -0.257. The van der Waals surface area contributed by atoms with Gasteiger partial charge in [-0.15, -0.1) is 0 Å². The van der Waals surface area contributed by atoms with Gasteiger partial charge in [0.2, 0.25) is 0 Å². The standard InChI is InChI=1S/C7H6O5S.C3H9N/c8-5-12-6-3-1-2-4-7(6)13(9,10)11;1-4(2)3/h1-5H,(H,9,10,11);1-3H3. The molecule has 17 heavy (non-hydrogen) atoms. The van der Waals surface area contributed by atoms with Crippen LogP contribution < -0.4 is 9.64 Å². The molecule has 1 rings (SSSR count). The predicted octanol–water partition coefficient (Wildman–Crippen LogP) is -1.11. The molecule has 0 spiro atoms. The third kappa shape index (κ3) is 6.67. The molecule has 96 valence electrons. The molecule has 0 amide bonds. The maximum Gasteiger partial charge on any atom is 0.298 e. The monoisotopic (exact) mass is 261 g/mol. The van der Waals surface area contributed by atoms with Crippen LogP contribution in [0.2, 0.25) is 0 Å². The number of carbonyl (C=O) groups is 1. The van der Waals surface area contributed by atoms with E-state index >= 15 is 0 Å². The van der Waals surface area contributed by atoms with Crippen LogP contribution in [0.5, 0.6) is 5.75 Å². The molecule has 6 nitrogen and oxygen atoms in total. The van der Waals surface area contributed by atoms with Crippen molar-refractivity contribution in [1.29, 1.82) is 0 Å². The molecule has 0 saturated carbocycles. The maximum atomic E-state index is 10.6. The summed E-state index contributed by atoms with van der Waals surface area (Å²) in [6, 6.07) is 5.11. The number of nitrogens with one attached hydrogen (secondary N) is 1. The Balaban J connectivity index is 0.000000557. The number of hydrogen-bond acceptors (Lipinski definition) is 5. The van der Waals surface area contributed by atoms with E-state index < -0.39 is 15.0 Å². The molecule has 0 bridgehead atoms. The topological polar surface area (TPSA) is 87.9 Å². The minimum atomic E-state index is -4.59. The van der Waals surface area contributed by atoms with Crippen molar-refractivity contribution in [2.24, 2.45) is 0 Å². The molecular formula is C10H15NO5S. The van der Waals surface area contributed by atoms with Crippen LogP contribution in [0.15, 0.2) is 29.2 Å². The Labute approximate surface area is 101 Å². The Kier molecular flexibility index (Phi) is 6.40. The predicted molar refractivity (Wildman–Crippen MR) is 59.8 cm³/mol. The fourth-order valence-electron chi connectivity index (χ4n) is 0.806. The van der Waals surface area contributed by atoms with E-state index in [0.717, 1.165) is 6.07 Å². The average molecular weight is 261 g/mol. The van der Waals surface area contributed by atoms with Crippen molar-refractivity contribution >= 4 is 16.6 Å². The summed E-state index contributed by atoms with van der Waals surface area (Å²) in [5.41, 5.74) is 0. The van der Waals surface area contributed by atoms with E-state index in [4.69, 9.17) is 0 Å². The highest BCUT2D eigenvalue weighted by Crippen LogP contribution is 2.21. The second-order valence-corrected chi connectivity index (χ2v) is 4.96. The fraction of sp³-hybridized carbons (Fsp3) is 0.300. The summed E-state index contributed by atoms with van der Waals surface area (Å²) in [7, 11) is 1.66. The second kappa shape index (κ2) is 7.00. The second-order valence-electron chi connectivity index (χ2n) is 3.61. The van der Waals surface area contributed by atoms with Gasteiger partial charge in [0.15, 0.2) is 0 Å². The Morgan fingerprint density at radius 2 is 1.71 bits per heavy atom. The quantitative estimate of drug-likeness (QED) is 0.550. The van der Waals surface area contributed by atoms with Gasteiger partial charge in [-0.1, -0.05) is 12.1 Å². The zero-order chi connectivity index (χ0) is 13.5. The van der Waals surface area contributed by atoms with Crippen molar-refractivity contribution in [3.05, 3.63) is 24.3 Å². The molecule has 0 aliphatic carbocycles. The molecule has 0 heterocycles. The molecule has 0 fully saturated rings. The van der Waals surface area contributed by atoms with Gasteiger partial charge in [-0.25, -0.2) is 8.42 Å². The number of quaternary nitrogens is 1. The lowest BCUT2D eigenvalue weighted by Gasteiger charge is -2.09. The lowest BCUT2D eigenvalue weighted by atomic mass is 10.3. The lowest BCUT2D eigenvalue weighted by Crippen LogP contribution is -3.02. The van der Waals surface area contributed by atoms with Gasteiger partial charge in [0.05, 0.1) is 26.0 Å². The summed E-state index contributed by atoms with van der Waals surface area (Å²) in [5, 5.41) is 0. The van der Waals surface area contributed by atoms with Gasteiger partial charge >= 0.3 is 0 Å². The van der Waals surface area contributed by atoms with Crippen LogP contribution in [0.4, 0.5) is 0 Å². The van der Waals surface area contributed by atoms with E-state index in [-0.39, 0.29) is 12.2 Å². The first-order valence-corrected chi connectivity index (χ1v) is 6.12. The van der Waals surface area contributed by atoms with Gasteiger partial charge in [0.1, 0.15) is 15.9 Å². The van der Waals surface area contributed by atoms with Gasteiger partial charge in [-0.2, -0.15) is 0 Å². The maximum absolute atomic E-state index is 10.6. The van der Waals surface area contributed by atoms with Gasteiger partial charge in [-0.3, -0.25) is 4.79 Å². The van der Waals surface area contributed by atoms with Gasteiger partial charge in [0.25, 0.3) is 6.47 Å². The van der Waals surface area contributed by atoms with E-state index in [0.29, 0.717) is 0 Å². The highest BCUT2D eigenvalue weighted by atomic mass is 32.2. The molecule has 0 aliphatic rings. The van der Waals surface area contributed by atoms with Crippen LogP contribution in [0.3, 0.4) is 0 Å². The van der Waals surface area contributed by atoms with Crippen LogP contribution in [-0.4, -0.2) is 40.6 Å². The van der Waals surface area contributed by atoms with Crippen LogP contribution in [0.1, 0.15) is 0 Å². The summed E-state index contributed by atoms with van der Waals surface area (Å²) in [6.45, 7) is 0.0595. The Bertz CT molecular complexity index is 453. The van der Waals surface area contributed by atoms with Crippen LogP contribution in [0, 0.1) is 0 Å². The zero-order valence-corrected chi connectivity index (χ0v) is 10.7. The van der Waals surface area contributed by atoms with E-state index in [1.165, 1.54) is 23.1 Å². The van der Waals surface area contributed by atoms with Crippen molar-refractivity contribution in [2.75, 3.05) is 21.1 Å². The third-order valence-corrected chi connectivity index (χ3v) is 2.17. The molecule has 1 N–H and O–H groups in total. The van der Waals surface area contributed by atoms with Crippen molar-refractivity contribution in [3.8, 4) is 5.75 Å². The number of rotatable bonds is 3. The minimum Gasteiger partial charge on any atom is -0.744 e. The summed E-state index contributed by atoms with van der Waals surface area (Å²) in [4.78, 5) is 10.8. The highest BCUT2D eigenvalue weighted by molar-refractivity contribution is 7.85. The summed E-state index contributed by atoms with van der Waals surface area (Å²) in [6.07, 6.45) is 0. The molecule has 0 unspecified atom stereocenters. The SMILES string of the molecule is C[NH+](C)C.O=COc1ccccc1S(=O)(=O)[O-]. The normalized spacial score (nSPS) is 10.4. The van der Waals surface area contributed by atoms with Crippen LogP contribution in [0.25, 0.3) is 0 Å². The largest absolute Gasteiger partial charge is 0.744 e. The molecule has 0 radical (unpaired) electrons. The lowest BCUT2D eigenvalue weighted by molar-refractivity contribution is -0.836. The molecule has 0 atom stereocenters. The molecular weight excluding hydrogens is 246 g/mol.